The molecule has 1 heterocycles. The number of aromatic nitrogens is 1. The summed E-state index contributed by atoms with van der Waals surface area (Å²) < 4.78 is 0. The van der Waals surface area contributed by atoms with Gasteiger partial charge < -0.3 is 31.8 Å². The van der Waals surface area contributed by atoms with E-state index in [0.717, 1.165) is 22.0 Å². The molecular weight excluding hydrogens is 530 g/mol. The van der Waals surface area contributed by atoms with Crippen LogP contribution < -0.4 is 21.7 Å². The summed E-state index contributed by atoms with van der Waals surface area (Å²) in [4.78, 5) is 54.5. The molecule has 10 nitrogen and oxygen atoms in total. The molecule has 0 aliphatic heterocycles. The summed E-state index contributed by atoms with van der Waals surface area (Å²) in [5.41, 5.74) is 8.77. The molecule has 0 aliphatic rings. The van der Waals surface area contributed by atoms with Gasteiger partial charge in [-0.25, -0.2) is 4.79 Å². The maximum atomic E-state index is 13.7. The lowest BCUT2D eigenvalue weighted by atomic mass is 9.96. The molecule has 3 amide bonds. The summed E-state index contributed by atoms with van der Waals surface area (Å²) in [5.74, 6) is -3.38. The average molecular weight is 568 g/mol. The van der Waals surface area contributed by atoms with Crippen molar-refractivity contribution in [1.29, 1.82) is 0 Å². The molecule has 214 valence electrons. The van der Waals surface area contributed by atoms with E-state index >= 15 is 0 Å². The van der Waals surface area contributed by atoms with E-state index in [1.165, 1.54) is 0 Å². The van der Waals surface area contributed by atoms with Gasteiger partial charge in [-0.05, 0) is 29.5 Å². The molecule has 1 aromatic heterocycles. The molecule has 3 rings (SSSR count). The maximum absolute atomic E-state index is 13.7. The number of carbonyl (C=O) groups excluding carboxylic acids is 3. The SMILES string of the molecule is CCC(C)C(NC(=O)C(Cc1c[nH]c2ccccc12)NC(=O)C(N)Cc1ccccc1)C(=O)NC(CS)C(=O)O. The predicted octanol–water partition coefficient (Wildman–Crippen LogP) is 1.80. The van der Waals surface area contributed by atoms with E-state index in [0.29, 0.717) is 6.42 Å². The van der Waals surface area contributed by atoms with E-state index in [-0.39, 0.29) is 24.5 Å². The molecule has 0 spiro atoms. The standard InChI is InChI=1S/C29H37N5O5S/c1-3-17(2)25(28(37)33-24(16-40)29(38)39)34-27(36)23(14-19-15-31-22-12-8-7-11-20(19)22)32-26(35)21(30)13-18-9-5-4-6-10-18/h4-12,15,17,21,23-25,31,40H,3,13-14,16,30H2,1-2H3,(H,32,35)(H,33,37)(H,34,36)(H,38,39). The van der Waals surface area contributed by atoms with Crippen molar-refractivity contribution in [2.75, 3.05) is 5.75 Å². The van der Waals surface area contributed by atoms with Crippen LogP contribution in [0.2, 0.25) is 0 Å². The number of para-hydroxylation sites is 1. The van der Waals surface area contributed by atoms with Crippen molar-refractivity contribution in [3.05, 3.63) is 71.9 Å². The summed E-state index contributed by atoms with van der Waals surface area (Å²) in [6.45, 7) is 3.64. The first-order valence-electron chi connectivity index (χ1n) is 13.2. The predicted molar refractivity (Wildman–Crippen MR) is 157 cm³/mol. The highest BCUT2D eigenvalue weighted by atomic mass is 32.1. The molecule has 11 heteroatoms. The van der Waals surface area contributed by atoms with Crippen LogP contribution in [0.5, 0.6) is 0 Å². The number of aromatic amines is 1. The van der Waals surface area contributed by atoms with Gasteiger partial charge in [-0.1, -0.05) is 68.8 Å². The number of carbonyl (C=O) groups is 4. The Kier molecular flexibility index (Phi) is 11.2. The summed E-state index contributed by atoms with van der Waals surface area (Å²) in [6, 6.07) is 12.7. The highest BCUT2D eigenvalue weighted by Gasteiger charge is 2.33. The Morgan fingerprint density at radius 3 is 2.20 bits per heavy atom. The molecule has 0 fully saturated rings. The second-order valence-corrected chi connectivity index (χ2v) is 10.2. The van der Waals surface area contributed by atoms with Crippen molar-refractivity contribution in [2.45, 2.75) is 57.3 Å². The lowest BCUT2D eigenvalue weighted by Crippen LogP contribution is -2.59. The molecule has 2 aromatic carbocycles. The number of benzene rings is 2. The van der Waals surface area contributed by atoms with Crippen molar-refractivity contribution in [2.24, 2.45) is 11.7 Å². The summed E-state index contributed by atoms with van der Waals surface area (Å²) >= 11 is 4.00. The molecule has 0 radical (unpaired) electrons. The number of fused-ring (bicyclic) bond motifs is 1. The van der Waals surface area contributed by atoms with Gasteiger partial charge in [0.2, 0.25) is 17.7 Å². The van der Waals surface area contributed by atoms with E-state index in [9.17, 15) is 24.3 Å². The lowest BCUT2D eigenvalue weighted by molar-refractivity contribution is -0.142. The second kappa shape index (κ2) is 14.5. The topological polar surface area (TPSA) is 166 Å². The van der Waals surface area contributed by atoms with Crippen molar-refractivity contribution in [3.63, 3.8) is 0 Å². The van der Waals surface area contributed by atoms with Gasteiger partial charge in [0, 0.05) is 29.3 Å². The minimum absolute atomic E-state index is 0.110. The fraction of sp³-hybridized carbons (Fsp3) is 0.379. The number of amides is 3. The molecule has 0 saturated carbocycles. The van der Waals surface area contributed by atoms with Gasteiger partial charge in [0.15, 0.2) is 0 Å². The van der Waals surface area contributed by atoms with Crippen molar-refractivity contribution in [1.82, 2.24) is 20.9 Å². The van der Waals surface area contributed by atoms with Crippen molar-refractivity contribution >= 4 is 47.2 Å². The third-order valence-electron chi connectivity index (χ3n) is 6.96. The number of hydrogen-bond acceptors (Lipinski definition) is 6. The van der Waals surface area contributed by atoms with E-state index in [1.807, 2.05) is 61.5 Å². The number of carboxylic acids is 1. The summed E-state index contributed by atoms with van der Waals surface area (Å²) in [5, 5.41) is 18.2. The Bertz CT molecular complexity index is 1310. The van der Waals surface area contributed by atoms with Crippen LogP contribution in [-0.2, 0) is 32.0 Å². The van der Waals surface area contributed by atoms with E-state index in [4.69, 9.17) is 5.73 Å². The normalized spacial score (nSPS) is 14.9. The third kappa shape index (κ3) is 8.09. The van der Waals surface area contributed by atoms with Gasteiger partial charge in [0.05, 0.1) is 6.04 Å². The number of nitrogens with two attached hydrogens (primary N) is 1. The zero-order valence-electron chi connectivity index (χ0n) is 22.6. The molecule has 7 N–H and O–H groups in total. The number of carboxylic acid groups (broad SMARTS) is 1. The number of thiol groups is 1. The Balaban J connectivity index is 1.84. The molecular formula is C29H37N5O5S. The first-order chi connectivity index (χ1) is 19.1. The molecule has 0 saturated heterocycles. The number of hydrogen-bond donors (Lipinski definition) is 7. The summed E-state index contributed by atoms with van der Waals surface area (Å²) in [7, 11) is 0. The van der Waals surface area contributed by atoms with Crippen LogP contribution in [0, 0.1) is 5.92 Å². The largest absolute Gasteiger partial charge is 0.480 e. The molecule has 40 heavy (non-hydrogen) atoms. The zero-order valence-corrected chi connectivity index (χ0v) is 23.5. The number of aliphatic carboxylic acids is 1. The summed E-state index contributed by atoms with van der Waals surface area (Å²) in [6.07, 6.45) is 2.75. The fourth-order valence-electron chi connectivity index (χ4n) is 4.37. The minimum Gasteiger partial charge on any atom is -0.480 e. The van der Waals surface area contributed by atoms with Gasteiger partial charge in [0.25, 0.3) is 0 Å². The van der Waals surface area contributed by atoms with Crippen LogP contribution in [0.3, 0.4) is 0 Å². The molecule has 3 aromatic rings. The lowest BCUT2D eigenvalue weighted by Gasteiger charge is -2.28. The van der Waals surface area contributed by atoms with Crippen LogP contribution in [0.4, 0.5) is 0 Å². The smallest absolute Gasteiger partial charge is 0.327 e. The zero-order chi connectivity index (χ0) is 29.2. The van der Waals surface area contributed by atoms with Crippen LogP contribution >= 0.6 is 12.6 Å². The molecule has 0 bridgehead atoms. The van der Waals surface area contributed by atoms with Gasteiger partial charge in [0.1, 0.15) is 18.1 Å². The molecule has 0 aliphatic carbocycles. The number of nitrogens with one attached hydrogen (secondary N) is 4. The Hall–Kier alpha value is -3.83. The Morgan fingerprint density at radius 1 is 0.900 bits per heavy atom. The monoisotopic (exact) mass is 567 g/mol. The Labute approximate surface area is 238 Å². The minimum atomic E-state index is -1.23. The van der Waals surface area contributed by atoms with Crippen molar-refractivity contribution in [3.8, 4) is 0 Å². The molecule has 5 unspecified atom stereocenters. The first kappa shape index (κ1) is 30.7. The third-order valence-corrected chi connectivity index (χ3v) is 7.32. The highest BCUT2D eigenvalue weighted by Crippen LogP contribution is 2.20. The van der Waals surface area contributed by atoms with Gasteiger partial charge in [-0.2, -0.15) is 12.6 Å². The Morgan fingerprint density at radius 2 is 1.55 bits per heavy atom. The van der Waals surface area contributed by atoms with E-state index in [2.05, 4.69) is 33.6 Å². The first-order valence-corrected chi connectivity index (χ1v) is 13.9. The fourth-order valence-corrected chi connectivity index (χ4v) is 4.62. The van der Waals surface area contributed by atoms with Gasteiger partial charge >= 0.3 is 5.97 Å². The van der Waals surface area contributed by atoms with Crippen LogP contribution in [0.25, 0.3) is 10.9 Å². The van der Waals surface area contributed by atoms with Crippen LogP contribution in [-0.4, -0.2) is 63.7 Å². The van der Waals surface area contributed by atoms with E-state index in [1.54, 1.807) is 13.1 Å². The van der Waals surface area contributed by atoms with Gasteiger partial charge in [-0.15, -0.1) is 0 Å². The van der Waals surface area contributed by atoms with Crippen LogP contribution in [0.1, 0.15) is 31.4 Å². The second-order valence-electron chi connectivity index (χ2n) is 9.87. The van der Waals surface area contributed by atoms with E-state index < -0.39 is 47.9 Å². The van der Waals surface area contributed by atoms with Crippen LogP contribution in [0.15, 0.2) is 60.8 Å². The average Bonchev–Trinajstić information content (AvgIpc) is 3.36. The van der Waals surface area contributed by atoms with Crippen molar-refractivity contribution < 1.29 is 24.3 Å². The quantitative estimate of drug-likeness (QED) is 0.147. The highest BCUT2D eigenvalue weighted by molar-refractivity contribution is 7.80. The molecule has 5 atom stereocenters. The maximum Gasteiger partial charge on any atom is 0.327 e. The number of H-pyrrole nitrogens is 1. The number of rotatable bonds is 14. The van der Waals surface area contributed by atoms with Gasteiger partial charge in [-0.3, -0.25) is 14.4 Å².